The van der Waals surface area contributed by atoms with Crippen molar-refractivity contribution < 1.29 is 26.8 Å². The highest BCUT2D eigenvalue weighted by atomic mass is 19.3. The molecule has 0 aliphatic rings. The first-order valence-electron chi connectivity index (χ1n) is 8.85. The van der Waals surface area contributed by atoms with Gasteiger partial charge in [0.25, 0.3) is 18.8 Å². The molecule has 156 valence electrons. The molecule has 1 amide bonds. The summed E-state index contributed by atoms with van der Waals surface area (Å²) in [7, 11) is 0. The molecule has 0 spiro atoms. The normalized spacial score (nSPS) is 12.7. The van der Waals surface area contributed by atoms with Crippen molar-refractivity contribution >= 4 is 5.91 Å². The fraction of sp³-hybridized carbons (Fsp3) is 0.389. The van der Waals surface area contributed by atoms with Gasteiger partial charge < -0.3 is 9.73 Å². The molecule has 0 radical (unpaired) electrons. The van der Waals surface area contributed by atoms with Gasteiger partial charge in [-0.05, 0) is 38.1 Å². The molecular weight excluding hydrogens is 394 g/mol. The van der Waals surface area contributed by atoms with Crippen LogP contribution in [0.5, 0.6) is 0 Å². The van der Waals surface area contributed by atoms with Crippen LogP contribution in [0.25, 0.3) is 0 Å². The van der Waals surface area contributed by atoms with Crippen LogP contribution in [0.2, 0.25) is 0 Å². The number of hydrogen-bond acceptors (Lipinski definition) is 4. The number of alkyl halides is 4. The number of hydrogen-bond donors (Lipinski definition) is 1. The summed E-state index contributed by atoms with van der Waals surface area (Å²) in [5.74, 6) is -0.406. The number of amides is 1. The molecular formula is C18H19F4N5O2. The minimum atomic E-state index is -2.98. The van der Waals surface area contributed by atoms with Gasteiger partial charge in [-0.1, -0.05) is 0 Å². The van der Waals surface area contributed by atoms with Crippen molar-refractivity contribution in [3.8, 4) is 0 Å². The molecule has 0 aromatic carbocycles. The maximum absolute atomic E-state index is 13.1. The molecule has 0 saturated heterocycles. The summed E-state index contributed by atoms with van der Waals surface area (Å²) in [5.41, 5.74) is -0.583. The van der Waals surface area contributed by atoms with Crippen molar-refractivity contribution in [1.82, 2.24) is 24.9 Å². The summed E-state index contributed by atoms with van der Waals surface area (Å²) in [6, 6.07) is 4.89. The molecule has 1 atom stereocenters. The largest absolute Gasteiger partial charge is 0.454 e. The van der Waals surface area contributed by atoms with E-state index in [0.717, 1.165) is 10.4 Å². The van der Waals surface area contributed by atoms with Crippen LogP contribution in [0.4, 0.5) is 17.6 Å². The van der Waals surface area contributed by atoms with Gasteiger partial charge in [0.05, 0.1) is 18.3 Å². The lowest BCUT2D eigenvalue weighted by atomic mass is 10.2. The third-order valence-corrected chi connectivity index (χ3v) is 4.31. The molecule has 0 aliphatic heterocycles. The maximum Gasteiger partial charge on any atom is 0.287 e. The highest BCUT2D eigenvalue weighted by Gasteiger charge is 2.23. The van der Waals surface area contributed by atoms with Crippen molar-refractivity contribution in [2.24, 2.45) is 0 Å². The number of nitrogens with zero attached hydrogens (tertiary/aromatic N) is 4. The molecule has 29 heavy (non-hydrogen) atoms. The summed E-state index contributed by atoms with van der Waals surface area (Å²) < 4.78 is 59.6. The van der Waals surface area contributed by atoms with Crippen LogP contribution in [0, 0.1) is 0 Å². The fourth-order valence-corrected chi connectivity index (χ4v) is 2.91. The van der Waals surface area contributed by atoms with Crippen LogP contribution in [-0.2, 0) is 13.1 Å². The molecule has 0 bridgehead atoms. The van der Waals surface area contributed by atoms with Crippen LogP contribution in [0.3, 0.4) is 0 Å². The fourth-order valence-electron chi connectivity index (χ4n) is 2.91. The number of carbonyl (C=O) groups is 1. The Balaban J connectivity index is 1.72. The Hall–Kier alpha value is -3.11. The highest BCUT2D eigenvalue weighted by molar-refractivity contribution is 5.91. The van der Waals surface area contributed by atoms with E-state index in [1.54, 1.807) is 23.9 Å². The van der Waals surface area contributed by atoms with Crippen LogP contribution in [0.1, 0.15) is 66.1 Å². The maximum atomic E-state index is 13.1. The van der Waals surface area contributed by atoms with Gasteiger partial charge in [0.2, 0.25) is 0 Å². The predicted molar refractivity (Wildman–Crippen MR) is 93.7 cm³/mol. The standard InChI is InChI=1S/C18H19F4N5O2/c1-3-26-13(6-7-23-26)10(2)24-18(28)15-5-4-11(29-15)9-27-14(17(21)22)8-12(25-27)16(19)20/h4-8,10,16-17H,3,9H2,1-2H3,(H,24,28). The Morgan fingerprint density at radius 3 is 2.55 bits per heavy atom. The average molecular weight is 413 g/mol. The second kappa shape index (κ2) is 8.50. The molecule has 3 aromatic heterocycles. The van der Waals surface area contributed by atoms with Gasteiger partial charge in [0, 0.05) is 12.7 Å². The van der Waals surface area contributed by atoms with E-state index in [4.69, 9.17) is 4.42 Å². The highest BCUT2D eigenvalue weighted by Crippen LogP contribution is 2.26. The predicted octanol–water partition coefficient (Wildman–Crippen LogP) is 4.11. The topological polar surface area (TPSA) is 77.9 Å². The zero-order chi connectivity index (χ0) is 21.1. The Bertz CT molecular complexity index is 979. The first-order valence-corrected chi connectivity index (χ1v) is 8.85. The van der Waals surface area contributed by atoms with E-state index in [-0.39, 0.29) is 24.1 Å². The molecule has 7 nitrogen and oxygen atoms in total. The van der Waals surface area contributed by atoms with Gasteiger partial charge in [0.15, 0.2) is 5.76 Å². The Kier molecular flexibility index (Phi) is 6.04. The van der Waals surface area contributed by atoms with E-state index in [1.807, 2.05) is 6.92 Å². The van der Waals surface area contributed by atoms with Crippen molar-refractivity contribution in [2.75, 3.05) is 0 Å². The zero-order valence-electron chi connectivity index (χ0n) is 15.7. The smallest absolute Gasteiger partial charge is 0.287 e. The lowest BCUT2D eigenvalue weighted by molar-refractivity contribution is 0.0907. The number of nitrogens with one attached hydrogen (secondary N) is 1. The molecule has 1 N–H and O–H groups in total. The Morgan fingerprint density at radius 2 is 1.90 bits per heavy atom. The minimum absolute atomic E-state index is 0.0331. The molecule has 0 saturated carbocycles. The molecule has 0 fully saturated rings. The van der Waals surface area contributed by atoms with E-state index in [1.165, 1.54) is 12.1 Å². The van der Waals surface area contributed by atoms with Crippen molar-refractivity contribution in [3.05, 3.63) is 59.1 Å². The van der Waals surface area contributed by atoms with E-state index in [9.17, 15) is 22.4 Å². The number of rotatable bonds is 8. The second-order valence-electron chi connectivity index (χ2n) is 6.29. The zero-order valence-corrected chi connectivity index (χ0v) is 15.7. The van der Waals surface area contributed by atoms with Gasteiger partial charge in [-0.25, -0.2) is 17.6 Å². The van der Waals surface area contributed by atoms with Gasteiger partial charge in [0.1, 0.15) is 17.1 Å². The third kappa shape index (κ3) is 4.49. The van der Waals surface area contributed by atoms with Crippen LogP contribution in [0.15, 0.2) is 34.9 Å². The summed E-state index contributed by atoms with van der Waals surface area (Å²) >= 11 is 0. The molecule has 1 unspecified atom stereocenters. The van der Waals surface area contributed by atoms with Crippen LogP contribution < -0.4 is 5.32 Å². The monoisotopic (exact) mass is 413 g/mol. The number of halogens is 4. The quantitative estimate of drug-likeness (QED) is 0.564. The molecule has 11 heteroatoms. The summed E-state index contributed by atoms with van der Waals surface area (Å²) in [6.07, 6.45) is -4.31. The second-order valence-corrected chi connectivity index (χ2v) is 6.29. The van der Waals surface area contributed by atoms with Gasteiger partial charge >= 0.3 is 0 Å². The number of aromatic nitrogens is 4. The van der Waals surface area contributed by atoms with Gasteiger partial charge in [-0.3, -0.25) is 14.2 Å². The molecule has 3 aromatic rings. The summed E-state index contributed by atoms with van der Waals surface area (Å²) in [5, 5.41) is 10.4. The van der Waals surface area contributed by atoms with Crippen LogP contribution >= 0.6 is 0 Å². The van der Waals surface area contributed by atoms with Crippen molar-refractivity contribution in [2.45, 2.75) is 45.8 Å². The molecule has 0 aliphatic carbocycles. The Labute approximate surface area is 163 Å². The van der Waals surface area contributed by atoms with Crippen molar-refractivity contribution in [3.63, 3.8) is 0 Å². The van der Waals surface area contributed by atoms with E-state index in [0.29, 0.717) is 12.6 Å². The lowest BCUT2D eigenvalue weighted by Crippen LogP contribution is -2.28. The van der Waals surface area contributed by atoms with Crippen LogP contribution in [-0.4, -0.2) is 25.5 Å². The number of furan rings is 1. The van der Waals surface area contributed by atoms with E-state index >= 15 is 0 Å². The van der Waals surface area contributed by atoms with Gasteiger partial charge in [-0.15, -0.1) is 0 Å². The lowest BCUT2D eigenvalue weighted by Gasteiger charge is -2.14. The molecule has 3 rings (SSSR count). The van der Waals surface area contributed by atoms with E-state index < -0.39 is 30.1 Å². The average Bonchev–Trinajstić information content (AvgIpc) is 3.40. The Morgan fingerprint density at radius 1 is 1.14 bits per heavy atom. The number of aryl methyl sites for hydroxylation is 1. The minimum Gasteiger partial charge on any atom is -0.454 e. The first-order chi connectivity index (χ1) is 13.8. The van der Waals surface area contributed by atoms with E-state index in [2.05, 4.69) is 15.5 Å². The number of carbonyl (C=O) groups excluding carboxylic acids is 1. The third-order valence-electron chi connectivity index (χ3n) is 4.31. The summed E-state index contributed by atoms with van der Waals surface area (Å²) in [4.78, 5) is 12.4. The SMILES string of the molecule is CCn1nccc1C(C)NC(=O)c1ccc(Cn2nc(C(F)F)cc2C(F)F)o1. The summed E-state index contributed by atoms with van der Waals surface area (Å²) in [6.45, 7) is 4.05. The van der Waals surface area contributed by atoms with Crippen molar-refractivity contribution in [1.29, 1.82) is 0 Å². The first kappa shape index (κ1) is 20.6. The van der Waals surface area contributed by atoms with Gasteiger partial charge in [-0.2, -0.15) is 10.2 Å². The molecule has 3 heterocycles.